The number of hydrogen-bond donors (Lipinski definition) is 0. The summed E-state index contributed by atoms with van der Waals surface area (Å²) in [4.78, 5) is 1.13. The third kappa shape index (κ3) is 3.73. The third-order valence-electron chi connectivity index (χ3n) is 3.54. The topological polar surface area (TPSA) is 52.8 Å². The molecule has 0 saturated heterocycles. The van der Waals surface area contributed by atoms with Gasteiger partial charge in [-0.15, -0.1) is 16.9 Å². The van der Waals surface area contributed by atoms with Crippen LogP contribution in [0.15, 0.2) is 52.5 Å². The lowest BCUT2D eigenvalue weighted by Gasteiger charge is -2.09. The lowest BCUT2D eigenvalue weighted by molar-refractivity contribution is 0.404. The van der Waals surface area contributed by atoms with Gasteiger partial charge in [0, 0.05) is 10.6 Å². The van der Waals surface area contributed by atoms with Crippen LogP contribution in [0.5, 0.6) is 5.75 Å². The van der Waals surface area contributed by atoms with Gasteiger partial charge in [0.2, 0.25) is 5.16 Å². The normalized spacial score (nSPS) is 10.8. The molecule has 0 bridgehead atoms. The minimum atomic E-state index is 0.770. The van der Waals surface area contributed by atoms with Gasteiger partial charge >= 0.3 is 0 Å². The van der Waals surface area contributed by atoms with E-state index in [0.29, 0.717) is 0 Å². The van der Waals surface area contributed by atoms with Gasteiger partial charge in [-0.2, -0.15) is 4.68 Å². The Kier molecular flexibility index (Phi) is 5.42. The van der Waals surface area contributed by atoms with Crippen molar-refractivity contribution >= 4 is 23.5 Å². The molecule has 0 fully saturated rings. The summed E-state index contributed by atoms with van der Waals surface area (Å²) >= 11 is 3.28. The Balaban J connectivity index is 1.76. The van der Waals surface area contributed by atoms with Gasteiger partial charge in [0.05, 0.1) is 12.8 Å². The maximum Gasteiger partial charge on any atom is 0.214 e. The lowest BCUT2D eigenvalue weighted by Crippen LogP contribution is -1.99. The molecule has 0 saturated carbocycles. The molecule has 1 heterocycles. The fraction of sp³-hybridized carbons (Fsp3) is 0.235. The smallest absolute Gasteiger partial charge is 0.214 e. The van der Waals surface area contributed by atoms with E-state index >= 15 is 0 Å². The summed E-state index contributed by atoms with van der Waals surface area (Å²) in [5, 5.41) is 12.8. The Labute approximate surface area is 149 Å². The molecule has 0 aliphatic carbocycles. The summed E-state index contributed by atoms with van der Waals surface area (Å²) in [6.45, 7) is 2.06. The number of benzene rings is 2. The second kappa shape index (κ2) is 7.72. The highest BCUT2D eigenvalue weighted by molar-refractivity contribution is 7.98. The van der Waals surface area contributed by atoms with Crippen LogP contribution in [0.2, 0.25) is 0 Å². The summed E-state index contributed by atoms with van der Waals surface area (Å²) in [5.41, 5.74) is 3.35. The van der Waals surface area contributed by atoms with E-state index in [1.54, 1.807) is 35.3 Å². The van der Waals surface area contributed by atoms with Gasteiger partial charge in [-0.3, -0.25) is 0 Å². The quantitative estimate of drug-likeness (QED) is 0.621. The van der Waals surface area contributed by atoms with Crippen molar-refractivity contribution in [1.82, 2.24) is 20.2 Å². The van der Waals surface area contributed by atoms with E-state index in [1.165, 1.54) is 11.1 Å². The summed E-state index contributed by atoms with van der Waals surface area (Å²) in [6.07, 6.45) is 2.04. The maximum atomic E-state index is 5.44. The molecule has 7 heteroatoms. The van der Waals surface area contributed by atoms with Crippen LogP contribution in [0.25, 0.3) is 5.69 Å². The standard InChI is InChI=1S/C17H18N4OS2/c1-12-4-7-14(8-5-12)21-17(18-19-20-21)24-11-13-6-9-16(23-3)15(10-13)22-2/h4-10H,11H2,1-3H3. The number of hydrogen-bond acceptors (Lipinski definition) is 6. The van der Waals surface area contributed by atoms with E-state index in [1.807, 2.05) is 18.4 Å². The second-order valence-corrected chi connectivity index (χ2v) is 6.98. The molecule has 0 aliphatic rings. The summed E-state index contributed by atoms with van der Waals surface area (Å²) < 4.78 is 7.20. The summed E-state index contributed by atoms with van der Waals surface area (Å²) in [5.74, 6) is 1.68. The molecule has 0 N–H and O–H groups in total. The van der Waals surface area contributed by atoms with Crippen LogP contribution >= 0.6 is 23.5 Å². The number of aryl methyl sites for hydroxylation is 1. The third-order valence-corrected chi connectivity index (χ3v) is 5.30. The molecule has 0 unspecified atom stereocenters. The summed E-state index contributed by atoms with van der Waals surface area (Å²) in [7, 11) is 1.70. The average molecular weight is 358 g/mol. The van der Waals surface area contributed by atoms with Crippen LogP contribution in [0.1, 0.15) is 11.1 Å². The van der Waals surface area contributed by atoms with Crippen molar-refractivity contribution in [3.05, 3.63) is 53.6 Å². The maximum absolute atomic E-state index is 5.44. The van der Waals surface area contributed by atoms with Gasteiger partial charge in [0.25, 0.3) is 0 Å². The zero-order valence-electron chi connectivity index (χ0n) is 13.8. The average Bonchev–Trinajstić information content (AvgIpc) is 3.08. The lowest BCUT2D eigenvalue weighted by atomic mass is 10.2. The highest BCUT2D eigenvalue weighted by Crippen LogP contribution is 2.31. The van der Waals surface area contributed by atoms with E-state index in [2.05, 4.69) is 52.8 Å². The number of rotatable bonds is 6. The first kappa shape index (κ1) is 16.9. The molecular formula is C17H18N4OS2. The zero-order chi connectivity index (χ0) is 16.9. The van der Waals surface area contributed by atoms with Crippen molar-refractivity contribution < 1.29 is 4.74 Å². The van der Waals surface area contributed by atoms with E-state index in [-0.39, 0.29) is 0 Å². The Bertz CT molecular complexity index is 818. The molecule has 3 rings (SSSR count). The molecule has 0 radical (unpaired) electrons. The van der Waals surface area contributed by atoms with Crippen LogP contribution < -0.4 is 4.74 Å². The Morgan fingerprint density at radius 2 is 1.92 bits per heavy atom. The minimum Gasteiger partial charge on any atom is -0.496 e. The first-order valence-electron chi connectivity index (χ1n) is 7.40. The molecule has 0 amide bonds. The number of ether oxygens (including phenoxy) is 1. The molecule has 0 aliphatic heterocycles. The number of thioether (sulfide) groups is 2. The zero-order valence-corrected chi connectivity index (χ0v) is 15.4. The van der Waals surface area contributed by atoms with Crippen LogP contribution in [-0.4, -0.2) is 33.6 Å². The van der Waals surface area contributed by atoms with Crippen molar-refractivity contribution in [3.8, 4) is 11.4 Å². The first-order chi connectivity index (χ1) is 11.7. The largest absolute Gasteiger partial charge is 0.496 e. The van der Waals surface area contributed by atoms with E-state index in [9.17, 15) is 0 Å². The van der Waals surface area contributed by atoms with E-state index < -0.39 is 0 Å². The predicted molar refractivity (Wildman–Crippen MR) is 98.2 cm³/mol. The van der Waals surface area contributed by atoms with Crippen molar-refractivity contribution in [3.63, 3.8) is 0 Å². The number of nitrogens with zero attached hydrogens (tertiary/aromatic N) is 4. The molecule has 1 aromatic heterocycles. The fourth-order valence-electron chi connectivity index (χ4n) is 2.24. The molecule has 3 aromatic rings. The molecule has 24 heavy (non-hydrogen) atoms. The highest BCUT2D eigenvalue weighted by Gasteiger charge is 2.10. The summed E-state index contributed by atoms with van der Waals surface area (Å²) in [6, 6.07) is 14.4. The van der Waals surface area contributed by atoms with Gasteiger partial charge in [-0.1, -0.05) is 35.5 Å². The van der Waals surface area contributed by atoms with Gasteiger partial charge in [-0.05, 0) is 53.4 Å². The highest BCUT2D eigenvalue weighted by atomic mass is 32.2. The van der Waals surface area contributed by atoms with Gasteiger partial charge in [0.15, 0.2) is 0 Å². The Hall–Kier alpha value is -1.99. The number of methoxy groups -OCH3 is 1. The molecular weight excluding hydrogens is 340 g/mol. The van der Waals surface area contributed by atoms with Gasteiger partial charge < -0.3 is 4.74 Å². The van der Waals surface area contributed by atoms with E-state index in [4.69, 9.17) is 4.74 Å². The van der Waals surface area contributed by atoms with Crippen LogP contribution in [0, 0.1) is 6.92 Å². The molecule has 0 atom stereocenters. The number of aromatic nitrogens is 4. The molecule has 124 valence electrons. The van der Waals surface area contributed by atoms with Crippen molar-refractivity contribution in [2.24, 2.45) is 0 Å². The van der Waals surface area contributed by atoms with Gasteiger partial charge in [0.1, 0.15) is 5.75 Å². The number of tetrazole rings is 1. The molecule has 0 spiro atoms. The molecule has 5 nitrogen and oxygen atoms in total. The van der Waals surface area contributed by atoms with Crippen LogP contribution in [0.4, 0.5) is 0 Å². The Morgan fingerprint density at radius 1 is 1.12 bits per heavy atom. The second-order valence-electron chi connectivity index (χ2n) is 5.19. The van der Waals surface area contributed by atoms with Crippen LogP contribution in [-0.2, 0) is 5.75 Å². The first-order valence-corrected chi connectivity index (χ1v) is 9.61. The van der Waals surface area contributed by atoms with Crippen LogP contribution in [0.3, 0.4) is 0 Å². The minimum absolute atomic E-state index is 0.770. The monoisotopic (exact) mass is 358 g/mol. The Morgan fingerprint density at radius 3 is 2.62 bits per heavy atom. The fourth-order valence-corrected chi connectivity index (χ4v) is 3.62. The molecule has 2 aromatic carbocycles. The van der Waals surface area contributed by atoms with E-state index in [0.717, 1.165) is 27.2 Å². The SMILES string of the molecule is COc1cc(CSc2nnnn2-c2ccc(C)cc2)ccc1SC. The van der Waals surface area contributed by atoms with Crippen molar-refractivity contribution in [2.75, 3.05) is 13.4 Å². The predicted octanol–water partition coefficient (Wildman–Crippen LogP) is 3.99. The van der Waals surface area contributed by atoms with Crippen molar-refractivity contribution in [1.29, 1.82) is 0 Å². The van der Waals surface area contributed by atoms with Gasteiger partial charge in [-0.25, -0.2) is 0 Å². The van der Waals surface area contributed by atoms with Crippen molar-refractivity contribution in [2.45, 2.75) is 22.7 Å².